The van der Waals surface area contributed by atoms with Crippen molar-refractivity contribution in [3.63, 3.8) is 0 Å². The third-order valence-electron chi connectivity index (χ3n) is 4.03. The Morgan fingerprint density at radius 1 is 1.44 bits per heavy atom. The molecule has 0 spiro atoms. The maximum Gasteiger partial charge on any atom is 0.255 e. The molecule has 1 saturated heterocycles. The fourth-order valence-electron chi connectivity index (χ4n) is 2.71. The Kier molecular flexibility index (Phi) is 5.34. The quantitative estimate of drug-likeness (QED) is 0.765. The van der Waals surface area contributed by atoms with E-state index in [4.69, 9.17) is 14.2 Å². The Morgan fingerprint density at radius 3 is 3.00 bits per heavy atom. The molecule has 0 aliphatic carbocycles. The van der Waals surface area contributed by atoms with E-state index in [1.165, 1.54) is 0 Å². The summed E-state index contributed by atoms with van der Waals surface area (Å²) >= 11 is 0. The van der Waals surface area contributed by atoms with Gasteiger partial charge in [0.1, 0.15) is 6.10 Å². The lowest BCUT2D eigenvalue weighted by atomic mass is 10.2. The van der Waals surface area contributed by atoms with Crippen LogP contribution in [-0.2, 0) is 23.1 Å². The number of carbonyl (C=O) groups excluding carboxylic acids is 1. The Hall–Kier alpha value is -2.39. The zero-order valence-corrected chi connectivity index (χ0v) is 14.6. The second kappa shape index (κ2) is 7.66. The van der Waals surface area contributed by atoms with Crippen molar-refractivity contribution < 1.29 is 19.0 Å². The second-order valence-electron chi connectivity index (χ2n) is 6.01. The van der Waals surface area contributed by atoms with Crippen LogP contribution < -0.4 is 10.1 Å². The molecule has 25 heavy (non-hydrogen) atoms. The van der Waals surface area contributed by atoms with Crippen LogP contribution in [0, 0.1) is 6.92 Å². The predicted molar refractivity (Wildman–Crippen MR) is 88.5 cm³/mol. The molecule has 136 valence electrons. The SMILES string of the molecule is COCCn1cc(C(=O)N[C@H]2COC[C@H]2Oc2cnn(C)c2)c(C)n1. The molecule has 9 heteroatoms. The van der Waals surface area contributed by atoms with Crippen LogP contribution >= 0.6 is 0 Å². The molecule has 0 saturated carbocycles. The Labute approximate surface area is 145 Å². The molecule has 2 aromatic rings. The van der Waals surface area contributed by atoms with Crippen LogP contribution in [0.1, 0.15) is 16.1 Å². The van der Waals surface area contributed by atoms with Gasteiger partial charge >= 0.3 is 0 Å². The van der Waals surface area contributed by atoms with E-state index < -0.39 is 0 Å². The maximum absolute atomic E-state index is 12.6. The van der Waals surface area contributed by atoms with Crippen LogP contribution in [0.2, 0.25) is 0 Å². The highest BCUT2D eigenvalue weighted by Gasteiger charge is 2.32. The minimum absolute atomic E-state index is 0.184. The first-order chi connectivity index (χ1) is 12.1. The van der Waals surface area contributed by atoms with Gasteiger partial charge in [0.15, 0.2) is 5.75 Å². The Morgan fingerprint density at radius 2 is 2.28 bits per heavy atom. The van der Waals surface area contributed by atoms with Crippen molar-refractivity contribution in [2.45, 2.75) is 25.6 Å². The summed E-state index contributed by atoms with van der Waals surface area (Å²) < 4.78 is 19.8. The molecule has 1 N–H and O–H groups in total. The molecule has 0 aromatic carbocycles. The normalized spacial score (nSPS) is 20.0. The summed E-state index contributed by atoms with van der Waals surface area (Å²) in [5.74, 6) is 0.470. The van der Waals surface area contributed by atoms with Gasteiger partial charge in [0.05, 0.1) is 56.1 Å². The second-order valence-corrected chi connectivity index (χ2v) is 6.01. The molecule has 3 heterocycles. The average molecular weight is 349 g/mol. The average Bonchev–Trinajstić information content (AvgIpc) is 3.27. The lowest BCUT2D eigenvalue weighted by Crippen LogP contribution is -2.45. The van der Waals surface area contributed by atoms with Gasteiger partial charge in [-0.3, -0.25) is 14.2 Å². The van der Waals surface area contributed by atoms with Crippen LogP contribution in [0.3, 0.4) is 0 Å². The number of nitrogens with one attached hydrogen (secondary N) is 1. The molecule has 0 radical (unpaired) electrons. The van der Waals surface area contributed by atoms with Crippen LogP contribution in [0.5, 0.6) is 5.75 Å². The first-order valence-electron chi connectivity index (χ1n) is 8.13. The highest BCUT2D eigenvalue weighted by atomic mass is 16.5. The van der Waals surface area contributed by atoms with Gasteiger partial charge < -0.3 is 19.5 Å². The summed E-state index contributed by atoms with van der Waals surface area (Å²) in [5, 5.41) is 11.4. The van der Waals surface area contributed by atoms with E-state index in [2.05, 4.69) is 15.5 Å². The zero-order valence-electron chi connectivity index (χ0n) is 14.6. The van der Waals surface area contributed by atoms with Gasteiger partial charge in [-0.2, -0.15) is 10.2 Å². The number of aromatic nitrogens is 4. The van der Waals surface area contributed by atoms with Gasteiger partial charge in [0.25, 0.3) is 5.91 Å². The van der Waals surface area contributed by atoms with E-state index >= 15 is 0 Å². The smallest absolute Gasteiger partial charge is 0.255 e. The highest BCUT2D eigenvalue weighted by Crippen LogP contribution is 2.17. The van der Waals surface area contributed by atoms with Crippen molar-refractivity contribution >= 4 is 5.91 Å². The van der Waals surface area contributed by atoms with E-state index in [1.807, 2.05) is 14.0 Å². The van der Waals surface area contributed by atoms with Gasteiger partial charge in [-0.25, -0.2) is 0 Å². The van der Waals surface area contributed by atoms with Crippen molar-refractivity contribution in [1.82, 2.24) is 24.9 Å². The van der Waals surface area contributed by atoms with E-state index in [9.17, 15) is 4.79 Å². The molecule has 3 rings (SSSR count). The molecule has 2 aromatic heterocycles. The number of hydrogen-bond donors (Lipinski definition) is 1. The molecular weight excluding hydrogens is 326 g/mol. The standard InChI is InChI=1S/C16H23N5O4/c1-11-13(8-21(19-11)4-5-23-3)16(22)18-14-9-24-10-15(14)25-12-6-17-20(2)7-12/h6-8,14-15H,4-5,9-10H2,1-3H3,(H,18,22)/t14-,15+/m0/s1. The highest BCUT2D eigenvalue weighted by molar-refractivity contribution is 5.95. The van der Waals surface area contributed by atoms with Crippen LogP contribution in [-0.4, -0.2) is 64.5 Å². The minimum Gasteiger partial charge on any atom is -0.482 e. The number of hydrogen-bond acceptors (Lipinski definition) is 6. The van der Waals surface area contributed by atoms with Gasteiger partial charge in [-0.05, 0) is 6.92 Å². The molecule has 1 fully saturated rings. The summed E-state index contributed by atoms with van der Waals surface area (Å²) in [6.45, 7) is 3.79. The number of carbonyl (C=O) groups is 1. The third-order valence-corrected chi connectivity index (χ3v) is 4.03. The number of rotatable bonds is 7. The number of methoxy groups -OCH3 is 1. The molecule has 1 aliphatic heterocycles. The molecule has 1 aliphatic rings. The van der Waals surface area contributed by atoms with Gasteiger partial charge in [-0.1, -0.05) is 0 Å². The fourth-order valence-corrected chi connectivity index (χ4v) is 2.71. The zero-order chi connectivity index (χ0) is 17.8. The summed E-state index contributed by atoms with van der Waals surface area (Å²) in [7, 11) is 3.45. The van der Waals surface area contributed by atoms with Crippen molar-refractivity contribution in [3.8, 4) is 5.75 Å². The Balaban J connectivity index is 1.62. The third kappa shape index (κ3) is 4.18. The van der Waals surface area contributed by atoms with Crippen molar-refractivity contribution in [2.75, 3.05) is 26.9 Å². The van der Waals surface area contributed by atoms with E-state index in [0.717, 1.165) is 0 Å². The summed E-state index contributed by atoms with van der Waals surface area (Å²) in [6, 6.07) is -0.227. The molecular formula is C16H23N5O4. The van der Waals surface area contributed by atoms with Crippen molar-refractivity contribution in [2.24, 2.45) is 7.05 Å². The van der Waals surface area contributed by atoms with Crippen LogP contribution in [0.15, 0.2) is 18.6 Å². The van der Waals surface area contributed by atoms with E-state index in [1.54, 1.807) is 35.1 Å². The van der Waals surface area contributed by atoms with Crippen molar-refractivity contribution in [3.05, 3.63) is 29.8 Å². The van der Waals surface area contributed by atoms with Gasteiger partial charge in [0, 0.05) is 20.4 Å². The number of nitrogens with zero attached hydrogens (tertiary/aromatic N) is 4. The molecule has 0 unspecified atom stereocenters. The number of ether oxygens (including phenoxy) is 3. The number of aryl methyl sites for hydroxylation is 2. The lowest BCUT2D eigenvalue weighted by Gasteiger charge is -2.19. The first kappa shape index (κ1) is 17.4. The van der Waals surface area contributed by atoms with Crippen molar-refractivity contribution in [1.29, 1.82) is 0 Å². The fraction of sp³-hybridized carbons (Fsp3) is 0.562. The summed E-state index contributed by atoms with van der Waals surface area (Å²) in [4.78, 5) is 12.6. The van der Waals surface area contributed by atoms with Crippen LogP contribution in [0.4, 0.5) is 0 Å². The maximum atomic E-state index is 12.6. The molecule has 9 nitrogen and oxygen atoms in total. The minimum atomic E-state index is -0.253. The predicted octanol–water partition coefficient (Wildman–Crippen LogP) is 0.148. The summed E-state index contributed by atoms with van der Waals surface area (Å²) in [6.07, 6.45) is 4.90. The Bertz CT molecular complexity index is 726. The first-order valence-corrected chi connectivity index (χ1v) is 8.13. The molecule has 1 amide bonds. The van der Waals surface area contributed by atoms with E-state index in [-0.39, 0.29) is 18.1 Å². The molecule has 0 bridgehead atoms. The van der Waals surface area contributed by atoms with Gasteiger partial charge in [-0.15, -0.1) is 0 Å². The summed E-state index contributed by atoms with van der Waals surface area (Å²) in [5.41, 5.74) is 1.22. The van der Waals surface area contributed by atoms with E-state index in [0.29, 0.717) is 43.4 Å². The topological polar surface area (TPSA) is 92.4 Å². The van der Waals surface area contributed by atoms with Crippen LogP contribution in [0.25, 0.3) is 0 Å². The molecule has 2 atom stereocenters. The monoisotopic (exact) mass is 349 g/mol. The lowest BCUT2D eigenvalue weighted by molar-refractivity contribution is 0.0903. The largest absolute Gasteiger partial charge is 0.482 e. The van der Waals surface area contributed by atoms with Gasteiger partial charge in [0.2, 0.25) is 0 Å². The number of amides is 1.